The van der Waals surface area contributed by atoms with Gasteiger partial charge in [0.2, 0.25) is 5.66 Å². The van der Waals surface area contributed by atoms with Crippen LogP contribution >= 0.6 is 0 Å². The Balaban J connectivity index is 2.76. The molecular formula is C14H29N2O+. The maximum absolute atomic E-state index is 10.4. The van der Waals surface area contributed by atoms with Crippen molar-refractivity contribution in [1.82, 2.24) is 5.06 Å². The van der Waals surface area contributed by atoms with Crippen molar-refractivity contribution in [1.29, 1.82) is 0 Å². The zero-order valence-electron chi connectivity index (χ0n) is 12.4. The van der Waals surface area contributed by atoms with E-state index in [0.29, 0.717) is 0 Å². The van der Waals surface area contributed by atoms with Crippen molar-refractivity contribution in [3.05, 3.63) is 0 Å². The van der Waals surface area contributed by atoms with Crippen molar-refractivity contribution in [2.45, 2.75) is 77.9 Å². The molecule has 1 heterocycles. The molecule has 0 aromatic heterocycles. The van der Waals surface area contributed by atoms with E-state index in [4.69, 9.17) is 0 Å². The third kappa shape index (κ3) is 2.41. The summed E-state index contributed by atoms with van der Waals surface area (Å²) in [6.07, 6.45) is 5.99. The minimum absolute atomic E-state index is 0.249. The van der Waals surface area contributed by atoms with Crippen LogP contribution in [0.4, 0.5) is 0 Å². The van der Waals surface area contributed by atoms with Gasteiger partial charge in [0.05, 0.1) is 0 Å². The summed E-state index contributed by atoms with van der Waals surface area (Å²) in [5.74, 6) is 0. The summed E-state index contributed by atoms with van der Waals surface area (Å²) in [5.41, 5.74) is 0.730. The molecule has 0 saturated heterocycles. The number of unbranched alkanes of at least 4 members (excludes halogenated alkanes) is 3. The van der Waals surface area contributed by atoms with E-state index in [0.717, 1.165) is 6.42 Å². The maximum atomic E-state index is 10.4. The number of hydrogen-bond donors (Lipinski definition) is 1. The molecule has 100 valence electrons. The summed E-state index contributed by atoms with van der Waals surface area (Å²) < 4.78 is 2.24. The smallest absolute Gasteiger partial charge is 0.237 e. The van der Waals surface area contributed by atoms with E-state index in [2.05, 4.69) is 46.2 Å². The predicted octanol–water partition coefficient (Wildman–Crippen LogP) is 3.26. The Kier molecular flexibility index (Phi) is 4.37. The Morgan fingerprint density at radius 3 is 2.18 bits per heavy atom. The molecule has 0 unspecified atom stereocenters. The van der Waals surface area contributed by atoms with Crippen LogP contribution < -0.4 is 0 Å². The van der Waals surface area contributed by atoms with Crippen LogP contribution in [-0.4, -0.2) is 38.8 Å². The fraction of sp³-hybridized carbons (Fsp3) is 0.929. The highest BCUT2D eigenvalue weighted by Crippen LogP contribution is 2.35. The van der Waals surface area contributed by atoms with Crippen molar-refractivity contribution < 1.29 is 9.78 Å². The molecule has 1 atom stereocenters. The van der Waals surface area contributed by atoms with Crippen molar-refractivity contribution in [3.63, 3.8) is 0 Å². The predicted molar refractivity (Wildman–Crippen MR) is 71.7 cm³/mol. The molecule has 0 radical (unpaired) electrons. The standard InChI is InChI=1S/C14H29N2O/c1-7-8-9-10-11-14(5)15(6)12(2)13(3,4)16(14)17/h17H,7-11H2,1-6H3/q+1/t14-/m0/s1. The lowest BCUT2D eigenvalue weighted by molar-refractivity contribution is -0.617. The molecule has 0 spiro atoms. The van der Waals surface area contributed by atoms with E-state index in [1.807, 2.05) is 0 Å². The molecule has 0 fully saturated rings. The van der Waals surface area contributed by atoms with Gasteiger partial charge in [0, 0.05) is 20.3 Å². The lowest BCUT2D eigenvalue weighted by Crippen LogP contribution is -2.53. The third-order valence-electron chi connectivity index (χ3n) is 4.60. The van der Waals surface area contributed by atoms with Gasteiger partial charge >= 0.3 is 0 Å². The molecule has 0 aromatic carbocycles. The van der Waals surface area contributed by atoms with Gasteiger partial charge in [-0.15, -0.1) is 5.06 Å². The molecule has 0 saturated carbocycles. The number of nitrogens with zero attached hydrogens (tertiary/aromatic N) is 2. The van der Waals surface area contributed by atoms with Crippen molar-refractivity contribution in [3.8, 4) is 0 Å². The molecule has 0 bridgehead atoms. The minimum atomic E-state index is -0.256. The normalized spacial score (nSPS) is 29.1. The quantitative estimate of drug-likeness (QED) is 0.591. The molecule has 0 amide bonds. The van der Waals surface area contributed by atoms with Crippen LogP contribution in [0.1, 0.15) is 66.7 Å². The maximum Gasteiger partial charge on any atom is 0.237 e. The third-order valence-corrected chi connectivity index (χ3v) is 4.60. The highest BCUT2D eigenvalue weighted by Gasteiger charge is 2.57. The molecule has 0 aromatic rings. The van der Waals surface area contributed by atoms with Crippen LogP contribution in [0, 0.1) is 0 Å². The van der Waals surface area contributed by atoms with Gasteiger partial charge in [0.1, 0.15) is 12.6 Å². The monoisotopic (exact) mass is 241 g/mol. The average Bonchev–Trinajstić information content (AvgIpc) is 2.40. The van der Waals surface area contributed by atoms with Crippen molar-refractivity contribution in [2.75, 3.05) is 7.05 Å². The van der Waals surface area contributed by atoms with Gasteiger partial charge in [-0.05, 0) is 20.3 Å². The summed E-state index contributed by atoms with van der Waals surface area (Å²) in [6, 6.07) is 0. The number of hydrogen-bond acceptors (Lipinski definition) is 2. The first-order chi connectivity index (χ1) is 7.78. The van der Waals surface area contributed by atoms with Gasteiger partial charge in [-0.2, -0.15) is 0 Å². The second-order valence-corrected chi connectivity index (χ2v) is 6.04. The first-order valence-corrected chi connectivity index (χ1v) is 6.85. The van der Waals surface area contributed by atoms with Crippen molar-refractivity contribution >= 4 is 5.71 Å². The molecule has 3 nitrogen and oxygen atoms in total. The van der Waals surface area contributed by atoms with Crippen LogP contribution in [0.3, 0.4) is 0 Å². The molecule has 1 rings (SSSR count). The summed E-state index contributed by atoms with van der Waals surface area (Å²) in [7, 11) is 2.09. The van der Waals surface area contributed by atoms with Crippen LogP contribution in [0.15, 0.2) is 0 Å². The molecule has 1 N–H and O–H groups in total. The van der Waals surface area contributed by atoms with Gasteiger partial charge in [0.15, 0.2) is 5.71 Å². The highest BCUT2D eigenvalue weighted by atomic mass is 16.5. The van der Waals surface area contributed by atoms with Gasteiger partial charge in [-0.1, -0.05) is 26.2 Å². The lowest BCUT2D eigenvalue weighted by atomic mass is 9.98. The molecule has 17 heavy (non-hydrogen) atoms. The zero-order chi connectivity index (χ0) is 13.3. The van der Waals surface area contributed by atoms with Crippen LogP contribution in [0.5, 0.6) is 0 Å². The van der Waals surface area contributed by atoms with Crippen molar-refractivity contribution in [2.24, 2.45) is 0 Å². The molecule has 1 aliphatic rings. The first kappa shape index (κ1) is 14.7. The van der Waals surface area contributed by atoms with Crippen LogP contribution in [-0.2, 0) is 0 Å². The molecule has 1 aliphatic heterocycles. The number of hydroxylamine groups is 2. The van der Waals surface area contributed by atoms with Gasteiger partial charge < -0.3 is 5.21 Å². The lowest BCUT2D eigenvalue weighted by Gasteiger charge is -2.32. The molecule has 0 aliphatic carbocycles. The Bertz CT molecular complexity index is 309. The highest BCUT2D eigenvalue weighted by molar-refractivity contribution is 5.87. The van der Waals surface area contributed by atoms with E-state index in [9.17, 15) is 5.21 Å². The minimum Gasteiger partial charge on any atom is -0.307 e. The Morgan fingerprint density at radius 2 is 1.76 bits per heavy atom. The Labute approximate surface area is 106 Å². The first-order valence-electron chi connectivity index (χ1n) is 6.85. The van der Waals surface area contributed by atoms with Gasteiger partial charge in [0.25, 0.3) is 0 Å². The summed E-state index contributed by atoms with van der Waals surface area (Å²) in [4.78, 5) is 0. The van der Waals surface area contributed by atoms with Crippen LogP contribution in [0.25, 0.3) is 0 Å². The Hall–Kier alpha value is -0.410. The summed E-state index contributed by atoms with van der Waals surface area (Å²) in [6.45, 7) is 10.6. The summed E-state index contributed by atoms with van der Waals surface area (Å²) in [5, 5.41) is 12.0. The van der Waals surface area contributed by atoms with E-state index in [1.165, 1.54) is 31.4 Å². The van der Waals surface area contributed by atoms with E-state index in [1.54, 1.807) is 5.06 Å². The van der Waals surface area contributed by atoms with E-state index < -0.39 is 0 Å². The van der Waals surface area contributed by atoms with Gasteiger partial charge in [-0.25, -0.2) is 4.58 Å². The molecular weight excluding hydrogens is 212 g/mol. The average molecular weight is 241 g/mol. The fourth-order valence-electron chi connectivity index (χ4n) is 2.83. The van der Waals surface area contributed by atoms with E-state index in [-0.39, 0.29) is 11.2 Å². The number of rotatable bonds is 5. The molecule has 3 heteroatoms. The summed E-state index contributed by atoms with van der Waals surface area (Å²) >= 11 is 0. The second kappa shape index (κ2) is 5.07. The SMILES string of the molecule is CCCCCC[C@]1(C)N(O)C(C)(C)C(C)=[N+]1C. The fourth-order valence-corrected chi connectivity index (χ4v) is 2.83. The van der Waals surface area contributed by atoms with Crippen LogP contribution in [0.2, 0.25) is 0 Å². The van der Waals surface area contributed by atoms with Gasteiger partial charge in [-0.3, -0.25) is 0 Å². The zero-order valence-corrected chi connectivity index (χ0v) is 12.4. The largest absolute Gasteiger partial charge is 0.307 e. The Morgan fingerprint density at radius 1 is 1.18 bits per heavy atom. The second-order valence-electron chi connectivity index (χ2n) is 6.04. The van der Waals surface area contributed by atoms with E-state index >= 15 is 0 Å². The topological polar surface area (TPSA) is 26.5 Å².